The van der Waals surface area contributed by atoms with Crippen molar-refractivity contribution in [2.24, 2.45) is 0 Å². The van der Waals surface area contributed by atoms with Crippen molar-refractivity contribution in [1.82, 2.24) is 9.97 Å². The Hall–Kier alpha value is -1.95. The average molecular weight is 304 g/mol. The molecule has 0 N–H and O–H groups in total. The summed E-state index contributed by atoms with van der Waals surface area (Å²) in [5, 5.41) is 1.02. The summed E-state index contributed by atoms with van der Waals surface area (Å²) < 4.78 is 10.8. The number of ether oxygens (including phenoxy) is 2. The number of rotatable bonds is 3. The van der Waals surface area contributed by atoms with Crippen LogP contribution in [0, 0.1) is 6.92 Å². The standard InChI is InChI=1S/C15H16N2O3S/c1-9-17-11-6-3-7-12(13(11)21-9)20-15(18)10-5-4-8-16-14(10)19-2/h4-5,8,12H,3,6-7H2,1-2H3. The average Bonchev–Trinajstić information content (AvgIpc) is 2.88. The van der Waals surface area contributed by atoms with Gasteiger partial charge in [-0.05, 0) is 38.3 Å². The highest BCUT2D eigenvalue weighted by atomic mass is 32.1. The third-order valence-electron chi connectivity index (χ3n) is 3.44. The first-order valence-corrected chi connectivity index (χ1v) is 7.67. The molecule has 2 aromatic rings. The van der Waals surface area contributed by atoms with Crippen LogP contribution in [0.15, 0.2) is 18.3 Å². The van der Waals surface area contributed by atoms with Crippen molar-refractivity contribution in [2.75, 3.05) is 7.11 Å². The monoisotopic (exact) mass is 304 g/mol. The number of hydrogen-bond acceptors (Lipinski definition) is 6. The number of esters is 1. The van der Waals surface area contributed by atoms with E-state index in [4.69, 9.17) is 9.47 Å². The molecule has 1 aliphatic carbocycles. The van der Waals surface area contributed by atoms with Crippen LogP contribution in [0.1, 0.15) is 44.9 Å². The van der Waals surface area contributed by atoms with E-state index in [1.54, 1.807) is 29.7 Å². The molecule has 2 aromatic heterocycles. The van der Waals surface area contributed by atoms with Gasteiger partial charge in [0.05, 0.1) is 22.7 Å². The van der Waals surface area contributed by atoms with Gasteiger partial charge in [0.25, 0.3) is 0 Å². The van der Waals surface area contributed by atoms with Crippen LogP contribution in [0.3, 0.4) is 0 Å². The fraction of sp³-hybridized carbons (Fsp3) is 0.400. The van der Waals surface area contributed by atoms with Gasteiger partial charge in [-0.1, -0.05) is 0 Å². The molecule has 0 aliphatic heterocycles. The molecule has 0 radical (unpaired) electrons. The number of hydrogen-bond donors (Lipinski definition) is 0. The lowest BCUT2D eigenvalue weighted by Gasteiger charge is -2.21. The van der Waals surface area contributed by atoms with Gasteiger partial charge < -0.3 is 9.47 Å². The highest BCUT2D eigenvalue weighted by Gasteiger charge is 2.28. The van der Waals surface area contributed by atoms with E-state index >= 15 is 0 Å². The van der Waals surface area contributed by atoms with Crippen molar-refractivity contribution >= 4 is 17.3 Å². The fourth-order valence-corrected chi connectivity index (χ4v) is 3.55. The molecule has 0 saturated carbocycles. The molecule has 1 atom stereocenters. The Morgan fingerprint density at radius 2 is 2.33 bits per heavy atom. The van der Waals surface area contributed by atoms with Crippen LogP contribution in [0.5, 0.6) is 5.88 Å². The third-order valence-corrected chi connectivity index (χ3v) is 4.55. The largest absolute Gasteiger partial charge is 0.480 e. The van der Waals surface area contributed by atoms with Gasteiger partial charge in [-0.2, -0.15) is 0 Å². The van der Waals surface area contributed by atoms with E-state index in [1.165, 1.54) is 7.11 Å². The SMILES string of the molecule is COc1ncccc1C(=O)OC1CCCc2nc(C)sc21. The minimum Gasteiger partial charge on any atom is -0.480 e. The van der Waals surface area contributed by atoms with Crippen molar-refractivity contribution in [3.8, 4) is 5.88 Å². The molecular weight excluding hydrogens is 288 g/mol. The maximum absolute atomic E-state index is 12.4. The quantitative estimate of drug-likeness (QED) is 0.815. The fourth-order valence-electron chi connectivity index (χ4n) is 2.52. The molecule has 0 spiro atoms. The summed E-state index contributed by atoms with van der Waals surface area (Å²) in [6.07, 6.45) is 4.16. The molecule has 21 heavy (non-hydrogen) atoms. The summed E-state index contributed by atoms with van der Waals surface area (Å²) in [7, 11) is 1.49. The summed E-state index contributed by atoms with van der Waals surface area (Å²) in [6, 6.07) is 3.36. The van der Waals surface area contributed by atoms with E-state index in [0.29, 0.717) is 11.4 Å². The van der Waals surface area contributed by atoms with Crippen LogP contribution in [-0.2, 0) is 11.2 Å². The van der Waals surface area contributed by atoms with E-state index in [9.17, 15) is 4.79 Å². The summed E-state index contributed by atoms with van der Waals surface area (Å²) >= 11 is 1.61. The predicted octanol–water partition coefficient (Wildman–Crippen LogP) is 3.09. The first-order chi connectivity index (χ1) is 10.2. The molecule has 0 fully saturated rings. The van der Waals surface area contributed by atoms with Gasteiger partial charge >= 0.3 is 5.97 Å². The van der Waals surface area contributed by atoms with Crippen LogP contribution in [0.2, 0.25) is 0 Å². The molecule has 0 bridgehead atoms. The molecule has 5 nitrogen and oxygen atoms in total. The molecule has 110 valence electrons. The maximum Gasteiger partial charge on any atom is 0.344 e. The normalized spacial score (nSPS) is 17.1. The van der Waals surface area contributed by atoms with Crippen LogP contribution >= 0.6 is 11.3 Å². The predicted molar refractivity (Wildman–Crippen MR) is 78.7 cm³/mol. The lowest BCUT2D eigenvalue weighted by Crippen LogP contribution is -2.16. The second kappa shape index (κ2) is 5.81. The summed E-state index contributed by atoms with van der Waals surface area (Å²) in [5.41, 5.74) is 1.42. The molecule has 3 rings (SSSR count). The summed E-state index contributed by atoms with van der Waals surface area (Å²) in [6.45, 7) is 1.98. The maximum atomic E-state index is 12.4. The molecule has 1 aliphatic rings. The number of carbonyl (C=O) groups excluding carboxylic acids is 1. The number of methoxy groups -OCH3 is 1. The van der Waals surface area contributed by atoms with Crippen LogP contribution < -0.4 is 4.74 Å². The minimum atomic E-state index is -0.399. The lowest BCUT2D eigenvalue weighted by molar-refractivity contribution is 0.0260. The van der Waals surface area contributed by atoms with Crippen molar-refractivity contribution in [2.45, 2.75) is 32.3 Å². The van der Waals surface area contributed by atoms with Crippen molar-refractivity contribution < 1.29 is 14.3 Å². The molecule has 0 aromatic carbocycles. The van der Waals surface area contributed by atoms with Crippen molar-refractivity contribution in [3.05, 3.63) is 39.5 Å². The first kappa shape index (κ1) is 14.0. The molecule has 2 heterocycles. The minimum absolute atomic E-state index is 0.211. The van der Waals surface area contributed by atoms with E-state index in [1.807, 2.05) is 6.92 Å². The van der Waals surface area contributed by atoms with Gasteiger partial charge in [0.2, 0.25) is 5.88 Å². The number of nitrogens with zero attached hydrogens (tertiary/aromatic N) is 2. The van der Waals surface area contributed by atoms with E-state index in [-0.39, 0.29) is 6.10 Å². The number of pyridine rings is 1. The Morgan fingerprint density at radius 3 is 3.14 bits per heavy atom. The second-order valence-electron chi connectivity index (χ2n) is 4.89. The number of aromatic nitrogens is 2. The first-order valence-electron chi connectivity index (χ1n) is 6.85. The Bertz CT molecular complexity index is 669. The second-order valence-corrected chi connectivity index (χ2v) is 6.13. The van der Waals surface area contributed by atoms with Crippen molar-refractivity contribution in [1.29, 1.82) is 0 Å². The zero-order valence-electron chi connectivity index (χ0n) is 12.0. The van der Waals surface area contributed by atoms with Crippen molar-refractivity contribution in [3.63, 3.8) is 0 Å². The van der Waals surface area contributed by atoms with E-state index < -0.39 is 5.97 Å². The van der Waals surface area contributed by atoms with Crippen LogP contribution in [0.4, 0.5) is 0 Å². The molecule has 1 unspecified atom stereocenters. The smallest absolute Gasteiger partial charge is 0.344 e. The molecule has 0 amide bonds. The Morgan fingerprint density at radius 1 is 1.48 bits per heavy atom. The van der Waals surface area contributed by atoms with Gasteiger partial charge in [0, 0.05) is 6.20 Å². The van der Waals surface area contributed by atoms with E-state index in [0.717, 1.165) is 34.8 Å². The number of thiazole rings is 1. The Labute approximate surface area is 127 Å². The van der Waals surface area contributed by atoms with E-state index in [2.05, 4.69) is 9.97 Å². The van der Waals surface area contributed by atoms with Gasteiger partial charge in [0.15, 0.2) is 0 Å². The lowest BCUT2D eigenvalue weighted by atomic mass is 10.0. The summed E-state index contributed by atoms with van der Waals surface area (Å²) in [4.78, 5) is 22.0. The van der Waals surface area contributed by atoms with Gasteiger partial charge in [-0.15, -0.1) is 11.3 Å². The number of fused-ring (bicyclic) bond motifs is 1. The number of carbonyl (C=O) groups is 1. The zero-order valence-corrected chi connectivity index (χ0v) is 12.8. The molecule has 0 saturated heterocycles. The summed E-state index contributed by atoms with van der Waals surface area (Å²) in [5.74, 6) is -0.108. The highest BCUT2D eigenvalue weighted by molar-refractivity contribution is 7.11. The Kier molecular flexibility index (Phi) is 3.88. The topological polar surface area (TPSA) is 61.3 Å². The Balaban J connectivity index is 1.82. The number of aryl methyl sites for hydroxylation is 2. The van der Waals surface area contributed by atoms with Gasteiger partial charge in [-0.3, -0.25) is 0 Å². The van der Waals surface area contributed by atoms with Crippen LogP contribution in [-0.4, -0.2) is 23.0 Å². The third kappa shape index (κ3) is 2.76. The van der Waals surface area contributed by atoms with Crippen LogP contribution in [0.25, 0.3) is 0 Å². The van der Waals surface area contributed by atoms with Gasteiger partial charge in [-0.25, -0.2) is 14.8 Å². The molecule has 6 heteroatoms. The highest BCUT2D eigenvalue weighted by Crippen LogP contribution is 2.37. The van der Waals surface area contributed by atoms with Gasteiger partial charge in [0.1, 0.15) is 11.7 Å². The molecular formula is C15H16N2O3S. The zero-order chi connectivity index (χ0) is 14.8.